The zero-order valence-corrected chi connectivity index (χ0v) is 7.61. The van der Waals surface area contributed by atoms with Crippen molar-refractivity contribution in [1.29, 1.82) is 0 Å². The maximum atomic E-state index is 5.09. The molecule has 0 N–H and O–H groups in total. The molecule has 6 heteroatoms. The van der Waals surface area contributed by atoms with Crippen LogP contribution in [0.1, 0.15) is 0 Å². The smallest absolute Gasteiger partial charge is 0.165 e. The van der Waals surface area contributed by atoms with E-state index in [1.165, 1.54) is 4.85 Å². The van der Waals surface area contributed by atoms with E-state index < -0.39 is 0 Å². The molecule has 1 heterocycles. The minimum absolute atomic E-state index is 0.457. The second kappa shape index (κ2) is 4.30. The monoisotopic (exact) mass is 221 g/mol. The summed E-state index contributed by atoms with van der Waals surface area (Å²) in [6.07, 6.45) is 1.55. The summed E-state index contributed by atoms with van der Waals surface area (Å²) < 4.78 is 5.47. The minimum atomic E-state index is 0.457. The van der Waals surface area contributed by atoms with Crippen LogP contribution in [0.4, 0.5) is 0 Å². The van der Waals surface area contributed by atoms with Gasteiger partial charge in [-0.1, -0.05) is 4.85 Å². The van der Waals surface area contributed by atoms with Crippen molar-refractivity contribution in [1.82, 2.24) is 15.2 Å². The minimum Gasteiger partial charge on any atom is -0.392 e. The molecule has 0 aliphatic rings. The Morgan fingerprint density at radius 3 is 3.00 bits per heavy atom. The van der Waals surface area contributed by atoms with Crippen LogP contribution >= 0.6 is 15.9 Å². The molecule has 0 saturated heterocycles. The highest BCUT2D eigenvalue weighted by atomic mass is 79.9. The van der Waals surface area contributed by atoms with Crippen LogP contribution in [0.25, 0.3) is 0 Å². The molecule has 0 fully saturated rings. The molecule has 0 atom stereocenters. The first kappa shape index (κ1) is 8.48. The highest BCUT2D eigenvalue weighted by Gasteiger charge is 1.98. The maximum Gasteiger partial charge on any atom is 0.165 e. The predicted octanol–water partition coefficient (Wildman–Crippen LogP) is 0.116. The number of ether oxygens (including phenoxy) is 1. The molecule has 1 aromatic rings. The van der Waals surface area contributed by atoms with Gasteiger partial charge in [-0.2, -0.15) is 0 Å². The molecule has 1 aromatic heterocycles. The van der Waals surface area contributed by atoms with Gasteiger partial charge in [-0.25, -0.2) is 0 Å². The molecule has 62 valence electrons. The van der Waals surface area contributed by atoms with Crippen molar-refractivity contribution in [3.8, 4) is 0 Å². The van der Waals surface area contributed by atoms with Gasteiger partial charge in [0.15, 0.2) is 4.60 Å². The third-order valence-electron chi connectivity index (χ3n) is 0.981. The summed E-state index contributed by atoms with van der Waals surface area (Å²) in [7, 11) is 1.61. The largest absolute Gasteiger partial charge is 0.392 e. The van der Waals surface area contributed by atoms with Crippen LogP contribution in [-0.4, -0.2) is 35.5 Å². The van der Waals surface area contributed by atoms with E-state index in [-0.39, 0.29) is 0 Å². The highest BCUT2D eigenvalue weighted by molar-refractivity contribution is 9.10. The van der Waals surface area contributed by atoms with E-state index in [0.717, 1.165) is 0 Å². The van der Waals surface area contributed by atoms with Gasteiger partial charge in [0.25, 0.3) is 0 Å². The number of aromatic nitrogens is 3. The van der Waals surface area contributed by atoms with Gasteiger partial charge >= 0.3 is 0 Å². The van der Waals surface area contributed by atoms with Gasteiger partial charge in [0, 0.05) is 7.11 Å². The molecule has 1 rings (SSSR count). The lowest BCUT2D eigenvalue weighted by Gasteiger charge is -2.02. The average molecular weight is 222 g/mol. The molecule has 0 aliphatic heterocycles. The molecule has 5 nitrogen and oxygen atoms in total. The van der Waals surface area contributed by atoms with Crippen LogP contribution in [0, 0.1) is 0 Å². The first-order valence-electron chi connectivity index (χ1n) is 3.03. The van der Waals surface area contributed by atoms with Crippen molar-refractivity contribution >= 4 is 15.9 Å². The fourth-order valence-corrected chi connectivity index (χ4v) is 0.772. The van der Waals surface area contributed by atoms with Crippen LogP contribution in [0.3, 0.4) is 0 Å². The Kier molecular flexibility index (Phi) is 3.31. The van der Waals surface area contributed by atoms with Crippen LogP contribution in [-0.2, 0) is 4.74 Å². The van der Waals surface area contributed by atoms with E-state index in [4.69, 9.17) is 9.57 Å². The summed E-state index contributed by atoms with van der Waals surface area (Å²) in [5, 5.41) is 7.23. The van der Waals surface area contributed by atoms with Gasteiger partial charge in [-0.15, -0.1) is 5.10 Å². The van der Waals surface area contributed by atoms with E-state index in [1.54, 1.807) is 13.3 Å². The lowest BCUT2D eigenvalue weighted by atomic mass is 10.8. The summed E-state index contributed by atoms with van der Waals surface area (Å²) >= 11 is 3.19. The summed E-state index contributed by atoms with van der Waals surface area (Å²) in [5.74, 6) is 0. The Labute approximate surface area is 72.4 Å². The molecule has 0 spiro atoms. The number of hydrogen-bond acceptors (Lipinski definition) is 4. The Morgan fingerprint density at radius 1 is 1.64 bits per heavy atom. The third kappa shape index (κ3) is 2.47. The molecule has 0 unspecified atom stereocenters. The van der Waals surface area contributed by atoms with Gasteiger partial charge in [-0.3, -0.25) is 0 Å². The van der Waals surface area contributed by atoms with Crippen LogP contribution in [0.2, 0.25) is 0 Å². The van der Waals surface area contributed by atoms with Crippen molar-refractivity contribution < 1.29 is 9.57 Å². The number of halogens is 1. The predicted molar refractivity (Wildman–Crippen MR) is 41.0 cm³/mol. The standard InChI is InChI=1S/C5H8BrN3O2/c1-10-2-3-11-9-5(6)4-7-8-9/h4H,2-3H2,1H3. The summed E-state index contributed by atoms with van der Waals surface area (Å²) in [6.45, 7) is 0.991. The Hall–Kier alpha value is -0.620. The van der Waals surface area contributed by atoms with Crippen LogP contribution < -0.4 is 4.84 Å². The zero-order valence-electron chi connectivity index (χ0n) is 6.03. The first-order chi connectivity index (χ1) is 5.34. The SMILES string of the molecule is COCCOn1nncc1Br. The molecular formula is C5H8BrN3O2. The van der Waals surface area contributed by atoms with Crippen molar-refractivity contribution in [2.45, 2.75) is 0 Å². The normalized spacial score (nSPS) is 10.0. The Morgan fingerprint density at radius 2 is 2.45 bits per heavy atom. The van der Waals surface area contributed by atoms with Crippen LogP contribution in [0.5, 0.6) is 0 Å². The number of rotatable bonds is 4. The number of nitrogens with zero attached hydrogens (tertiary/aromatic N) is 3. The van der Waals surface area contributed by atoms with Crippen molar-refractivity contribution in [3.63, 3.8) is 0 Å². The molecule has 0 aromatic carbocycles. The van der Waals surface area contributed by atoms with Crippen molar-refractivity contribution in [2.24, 2.45) is 0 Å². The Bertz CT molecular complexity index is 215. The van der Waals surface area contributed by atoms with Gasteiger partial charge < -0.3 is 9.57 Å². The van der Waals surface area contributed by atoms with E-state index in [0.29, 0.717) is 17.8 Å². The zero-order chi connectivity index (χ0) is 8.10. The number of hydrogen-bond donors (Lipinski definition) is 0. The fraction of sp³-hybridized carbons (Fsp3) is 0.600. The molecule has 0 aliphatic carbocycles. The number of methoxy groups -OCH3 is 1. The topological polar surface area (TPSA) is 49.2 Å². The van der Waals surface area contributed by atoms with Gasteiger partial charge in [0.2, 0.25) is 0 Å². The average Bonchev–Trinajstić information content (AvgIpc) is 2.37. The van der Waals surface area contributed by atoms with E-state index in [1.807, 2.05) is 0 Å². The second-order valence-corrected chi connectivity index (χ2v) is 2.57. The Balaban J connectivity index is 2.32. The second-order valence-electron chi connectivity index (χ2n) is 1.76. The first-order valence-corrected chi connectivity index (χ1v) is 3.82. The summed E-state index contributed by atoms with van der Waals surface area (Å²) in [5.41, 5.74) is 0. The molecule has 0 bridgehead atoms. The van der Waals surface area contributed by atoms with Crippen molar-refractivity contribution in [3.05, 3.63) is 10.8 Å². The maximum absolute atomic E-state index is 5.09. The molecular weight excluding hydrogens is 214 g/mol. The lowest BCUT2D eigenvalue weighted by Crippen LogP contribution is -2.17. The van der Waals surface area contributed by atoms with Crippen molar-refractivity contribution in [2.75, 3.05) is 20.3 Å². The van der Waals surface area contributed by atoms with Gasteiger partial charge in [0.1, 0.15) is 6.61 Å². The van der Waals surface area contributed by atoms with Crippen LogP contribution in [0.15, 0.2) is 10.8 Å². The highest BCUT2D eigenvalue weighted by Crippen LogP contribution is 2.02. The van der Waals surface area contributed by atoms with E-state index >= 15 is 0 Å². The molecule has 0 saturated carbocycles. The van der Waals surface area contributed by atoms with Gasteiger partial charge in [0.05, 0.1) is 12.8 Å². The fourth-order valence-electron chi connectivity index (χ4n) is 0.507. The van der Waals surface area contributed by atoms with E-state index in [2.05, 4.69) is 26.2 Å². The third-order valence-corrected chi connectivity index (χ3v) is 1.49. The summed E-state index contributed by atoms with van der Waals surface area (Å²) in [6, 6.07) is 0. The molecule has 0 radical (unpaired) electrons. The quantitative estimate of drug-likeness (QED) is 0.678. The summed E-state index contributed by atoms with van der Waals surface area (Å²) in [4.78, 5) is 6.38. The molecule has 11 heavy (non-hydrogen) atoms. The lowest BCUT2D eigenvalue weighted by molar-refractivity contribution is 0.0338. The molecule has 0 amide bonds. The van der Waals surface area contributed by atoms with Gasteiger partial charge in [-0.05, 0) is 21.1 Å². The van der Waals surface area contributed by atoms with E-state index in [9.17, 15) is 0 Å².